The maximum Gasteiger partial charge on any atom is 0.216 e. The second kappa shape index (κ2) is 7.22. The SMILES string of the molecule is CCC(NCCNC(C)=O)C(=O)c1ccc2c(c1)CCN2. The molecule has 0 saturated heterocycles. The summed E-state index contributed by atoms with van der Waals surface area (Å²) in [5, 5.41) is 9.22. The van der Waals surface area contributed by atoms with Crippen molar-refractivity contribution in [2.75, 3.05) is 25.0 Å². The van der Waals surface area contributed by atoms with E-state index in [1.807, 2.05) is 25.1 Å². The fourth-order valence-corrected chi connectivity index (χ4v) is 2.57. The van der Waals surface area contributed by atoms with Crippen LogP contribution in [0.1, 0.15) is 36.2 Å². The number of hydrogen-bond acceptors (Lipinski definition) is 4. The zero-order valence-corrected chi connectivity index (χ0v) is 12.7. The summed E-state index contributed by atoms with van der Waals surface area (Å²) < 4.78 is 0. The van der Waals surface area contributed by atoms with Gasteiger partial charge in [-0.2, -0.15) is 0 Å². The van der Waals surface area contributed by atoms with E-state index in [-0.39, 0.29) is 17.7 Å². The van der Waals surface area contributed by atoms with Crippen molar-refractivity contribution in [3.8, 4) is 0 Å². The molecule has 1 heterocycles. The monoisotopic (exact) mass is 289 g/mol. The van der Waals surface area contributed by atoms with Crippen LogP contribution in [-0.2, 0) is 11.2 Å². The first kappa shape index (κ1) is 15.5. The van der Waals surface area contributed by atoms with Gasteiger partial charge in [0.05, 0.1) is 6.04 Å². The highest BCUT2D eigenvalue weighted by Gasteiger charge is 2.19. The number of hydrogen-bond donors (Lipinski definition) is 3. The zero-order valence-electron chi connectivity index (χ0n) is 12.7. The molecular formula is C16H23N3O2. The maximum absolute atomic E-state index is 12.5. The van der Waals surface area contributed by atoms with E-state index in [2.05, 4.69) is 16.0 Å². The van der Waals surface area contributed by atoms with E-state index in [4.69, 9.17) is 0 Å². The standard InChI is InChI=1S/C16H23N3O2/c1-3-14(19-9-8-17-11(2)20)16(21)13-4-5-15-12(10-13)6-7-18-15/h4-5,10,14,18-19H,3,6-9H2,1-2H3,(H,17,20). The van der Waals surface area contributed by atoms with Gasteiger partial charge in [-0.1, -0.05) is 6.92 Å². The van der Waals surface area contributed by atoms with Crippen LogP contribution in [0.15, 0.2) is 18.2 Å². The van der Waals surface area contributed by atoms with Crippen molar-refractivity contribution >= 4 is 17.4 Å². The molecule has 0 saturated carbocycles. The molecule has 1 amide bonds. The van der Waals surface area contributed by atoms with Gasteiger partial charge in [-0.15, -0.1) is 0 Å². The normalized spacial score (nSPS) is 14.2. The minimum absolute atomic E-state index is 0.0534. The molecule has 5 heteroatoms. The van der Waals surface area contributed by atoms with Gasteiger partial charge in [-0.05, 0) is 36.6 Å². The Kier molecular flexibility index (Phi) is 5.33. The second-order valence-electron chi connectivity index (χ2n) is 5.31. The summed E-state index contributed by atoms with van der Waals surface area (Å²) in [5.41, 5.74) is 3.11. The Hall–Kier alpha value is -1.88. The molecule has 3 N–H and O–H groups in total. The number of Topliss-reactive ketones (excluding diaryl/α,β-unsaturated/α-hetero) is 1. The molecule has 0 bridgehead atoms. The van der Waals surface area contributed by atoms with E-state index >= 15 is 0 Å². The van der Waals surface area contributed by atoms with Crippen molar-refractivity contribution in [1.29, 1.82) is 0 Å². The van der Waals surface area contributed by atoms with Gasteiger partial charge in [0.1, 0.15) is 0 Å². The maximum atomic E-state index is 12.5. The van der Waals surface area contributed by atoms with E-state index in [0.29, 0.717) is 13.1 Å². The van der Waals surface area contributed by atoms with Gasteiger partial charge >= 0.3 is 0 Å². The smallest absolute Gasteiger partial charge is 0.216 e. The van der Waals surface area contributed by atoms with E-state index in [0.717, 1.165) is 30.6 Å². The van der Waals surface area contributed by atoms with Crippen LogP contribution in [-0.4, -0.2) is 37.4 Å². The number of ketones is 1. The van der Waals surface area contributed by atoms with E-state index in [1.165, 1.54) is 12.5 Å². The van der Waals surface area contributed by atoms with Gasteiger partial charge in [0.2, 0.25) is 5.91 Å². The number of nitrogens with one attached hydrogen (secondary N) is 3. The van der Waals surface area contributed by atoms with Crippen LogP contribution in [0.3, 0.4) is 0 Å². The van der Waals surface area contributed by atoms with Gasteiger partial charge in [0, 0.05) is 37.8 Å². The summed E-state index contributed by atoms with van der Waals surface area (Å²) in [5.74, 6) is 0.0670. The van der Waals surface area contributed by atoms with Crippen molar-refractivity contribution < 1.29 is 9.59 Å². The Bertz CT molecular complexity index is 528. The number of anilines is 1. The Morgan fingerprint density at radius 3 is 2.86 bits per heavy atom. The number of carbonyl (C=O) groups is 2. The highest BCUT2D eigenvalue weighted by atomic mass is 16.1. The molecule has 5 nitrogen and oxygen atoms in total. The Labute approximate surface area is 125 Å². The second-order valence-corrected chi connectivity index (χ2v) is 5.31. The third-order valence-electron chi connectivity index (χ3n) is 3.71. The minimum atomic E-state index is -0.203. The topological polar surface area (TPSA) is 70.2 Å². The molecule has 1 unspecified atom stereocenters. The fraction of sp³-hybridized carbons (Fsp3) is 0.500. The lowest BCUT2D eigenvalue weighted by Gasteiger charge is -2.16. The molecule has 1 atom stereocenters. The molecule has 0 radical (unpaired) electrons. The zero-order chi connectivity index (χ0) is 15.2. The number of fused-ring (bicyclic) bond motifs is 1. The quantitative estimate of drug-likeness (QED) is 0.523. The molecule has 0 fully saturated rings. The highest BCUT2D eigenvalue weighted by Crippen LogP contribution is 2.23. The van der Waals surface area contributed by atoms with E-state index in [1.54, 1.807) is 0 Å². The van der Waals surface area contributed by atoms with Crippen LogP contribution in [0, 0.1) is 0 Å². The first-order valence-corrected chi connectivity index (χ1v) is 7.50. The summed E-state index contributed by atoms with van der Waals surface area (Å²) >= 11 is 0. The third-order valence-corrected chi connectivity index (χ3v) is 3.71. The lowest BCUT2D eigenvalue weighted by atomic mass is 9.99. The Balaban J connectivity index is 1.94. The van der Waals surface area contributed by atoms with E-state index < -0.39 is 0 Å². The van der Waals surface area contributed by atoms with Gasteiger partial charge in [-0.3, -0.25) is 9.59 Å². The first-order valence-electron chi connectivity index (χ1n) is 7.50. The third kappa shape index (κ3) is 4.04. The fourth-order valence-electron chi connectivity index (χ4n) is 2.57. The van der Waals surface area contributed by atoms with Crippen molar-refractivity contribution in [3.05, 3.63) is 29.3 Å². The lowest BCUT2D eigenvalue weighted by molar-refractivity contribution is -0.118. The molecule has 1 aliphatic rings. The summed E-state index contributed by atoms with van der Waals surface area (Å²) in [6, 6.07) is 5.67. The Morgan fingerprint density at radius 2 is 2.14 bits per heavy atom. The molecule has 21 heavy (non-hydrogen) atoms. The summed E-state index contributed by atoms with van der Waals surface area (Å²) in [6.07, 6.45) is 1.71. The van der Waals surface area contributed by atoms with Crippen LogP contribution in [0.5, 0.6) is 0 Å². The van der Waals surface area contributed by atoms with Crippen molar-refractivity contribution in [2.24, 2.45) is 0 Å². The molecule has 2 rings (SSSR count). The molecule has 0 spiro atoms. The largest absolute Gasteiger partial charge is 0.384 e. The van der Waals surface area contributed by atoms with Gasteiger partial charge in [-0.25, -0.2) is 0 Å². The van der Waals surface area contributed by atoms with Gasteiger partial charge in [0.25, 0.3) is 0 Å². The first-order chi connectivity index (χ1) is 10.1. The van der Waals surface area contributed by atoms with Crippen molar-refractivity contribution in [1.82, 2.24) is 10.6 Å². The Morgan fingerprint density at radius 1 is 1.33 bits per heavy atom. The predicted molar refractivity (Wildman–Crippen MR) is 83.7 cm³/mol. The van der Waals surface area contributed by atoms with E-state index in [9.17, 15) is 9.59 Å². The highest BCUT2D eigenvalue weighted by molar-refractivity contribution is 6.00. The summed E-state index contributed by atoms with van der Waals surface area (Å²) in [4.78, 5) is 23.3. The molecule has 1 aliphatic heterocycles. The number of amides is 1. The summed E-state index contributed by atoms with van der Waals surface area (Å²) in [6.45, 7) is 5.55. The number of carbonyl (C=O) groups excluding carboxylic acids is 2. The molecule has 0 aliphatic carbocycles. The summed E-state index contributed by atoms with van der Waals surface area (Å²) in [7, 11) is 0. The molecule has 1 aromatic carbocycles. The average molecular weight is 289 g/mol. The average Bonchev–Trinajstić information content (AvgIpc) is 2.93. The molecular weight excluding hydrogens is 266 g/mol. The minimum Gasteiger partial charge on any atom is -0.384 e. The number of rotatable bonds is 7. The van der Waals surface area contributed by atoms with Crippen LogP contribution in [0.2, 0.25) is 0 Å². The van der Waals surface area contributed by atoms with Crippen LogP contribution >= 0.6 is 0 Å². The lowest BCUT2D eigenvalue weighted by Crippen LogP contribution is -2.40. The molecule has 1 aromatic rings. The molecule has 114 valence electrons. The van der Waals surface area contributed by atoms with Gasteiger partial charge < -0.3 is 16.0 Å². The van der Waals surface area contributed by atoms with Crippen LogP contribution in [0.4, 0.5) is 5.69 Å². The molecule has 0 aromatic heterocycles. The predicted octanol–water partition coefficient (Wildman–Crippen LogP) is 1.34. The van der Waals surface area contributed by atoms with Gasteiger partial charge in [0.15, 0.2) is 5.78 Å². The van der Waals surface area contributed by atoms with Crippen molar-refractivity contribution in [3.63, 3.8) is 0 Å². The van der Waals surface area contributed by atoms with Crippen LogP contribution < -0.4 is 16.0 Å². The van der Waals surface area contributed by atoms with Crippen LogP contribution in [0.25, 0.3) is 0 Å². The van der Waals surface area contributed by atoms with Crippen molar-refractivity contribution in [2.45, 2.75) is 32.7 Å². The number of benzene rings is 1.